The molecule has 1 aromatic rings. The van der Waals surface area contributed by atoms with Crippen LogP contribution in [0.4, 0.5) is 0 Å². The number of benzene rings is 1. The van der Waals surface area contributed by atoms with Gasteiger partial charge in [-0.15, -0.1) is 6.42 Å². The van der Waals surface area contributed by atoms with Crippen molar-refractivity contribution in [3.8, 4) is 107 Å². The summed E-state index contributed by atoms with van der Waals surface area (Å²) in [6, 6.07) is 7.98. The largest absolute Gasteiger partial charge is 0.393 e. The highest BCUT2D eigenvalue weighted by atomic mass is 16.5. The van der Waals surface area contributed by atoms with Gasteiger partial charge in [0, 0.05) is 78.6 Å². The summed E-state index contributed by atoms with van der Waals surface area (Å²) in [6.45, 7) is 0. The summed E-state index contributed by atoms with van der Waals surface area (Å²) in [5, 5.41) is 0. The van der Waals surface area contributed by atoms with Crippen LogP contribution in [0.5, 0.6) is 0 Å². The van der Waals surface area contributed by atoms with Gasteiger partial charge < -0.3 is 4.74 Å². The van der Waals surface area contributed by atoms with Gasteiger partial charge in [-0.05, 0) is 47.4 Å². The molecule has 164 valence electrons. The topological polar surface area (TPSA) is 43.4 Å². The Balaban J connectivity index is -0.0000000292. The fourth-order valence-electron chi connectivity index (χ4n) is 1.29. The summed E-state index contributed by atoms with van der Waals surface area (Å²) in [5.41, 5.74) is 0.214. The molecule has 0 spiro atoms. The second kappa shape index (κ2) is 14.7. The van der Waals surface area contributed by atoms with Crippen LogP contribution in [0.3, 0.4) is 0 Å². The molecule has 0 saturated heterocycles. The van der Waals surface area contributed by atoms with Crippen molar-refractivity contribution >= 4 is 11.8 Å². The van der Waals surface area contributed by atoms with Crippen molar-refractivity contribution in [2.24, 2.45) is 0 Å². The molecule has 1 aromatic carbocycles. The molecule has 0 unspecified atom stereocenters. The number of ketones is 1. The average Bonchev–Trinajstić information content (AvgIpc) is 2.75. The van der Waals surface area contributed by atoms with E-state index in [0.717, 1.165) is 0 Å². The van der Waals surface area contributed by atoms with Gasteiger partial charge in [0.1, 0.15) is 6.11 Å². The summed E-state index contributed by atoms with van der Waals surface area (Å²) in [6.07, 6.45) is 6.93. The highest BCUT2D eigenvalue weighted by Crippen LogP contribution is 2.00. The monoisotopic (exact) mass is 402 g/mol. The van der Waals surface area contributed by atoms with Crippen LogP contribution in [-0.4, -0.2) is 11.8 Å². The molecular formula is C26H42O3. The second-order valence-electron chi connectivity index (χ2n) is 4.21. The van der Waals surface area contributed by atoms with Crippen molar-refractivity contribution in [2.45, 2.75) is 0 Å². The molecule has 0 aliphatic carbocycles. The molecule has 0 radical (unpaired) electrons. The number of Topliss-reactive ketones (excluding diaryl/α,β-unsaturated/α-hetero) is 1. The molecule has 1 rings (SSSR count). The van der Waals surface area contributed by atoms with Gasteiger partial charge in [-0.3, -0.25) is 4.79 Å². The van der Waals surface area contributed by atoms with E-state index in [1.165, 1.54) is 12.1 Å². The van der Waals surface area contributed by atoms with Crippen LogP contribution >= 0.6 is 0 Å². The zero-order valence-corrected chi connectivity index (χ0v) is 14.7. The standard InChI is InChI=1S/C26H6O3.18H2/c1-2-3-4-5-6-7-8-9-10-11-12-13-14-15-16-20-23-29-26(28)25(27)24-21-18-17-19-22-24;;;;;;;;;;;;;;;;;;/h1,17-19,21-22H;18*1H. The summed E-state index contributed by atoms with van der Waals surface area (Å²) < 4.78 is 4.49. The Bertz CT molecular complexity index is 1390. The van der Waals surface area contributed by atoms with E-state index in [4.69, 9.17) is 6.42 Å². The number of rotatable bonds is 2. The number of esters is 1. The van der Waals surface area contributed by atoms with Gasteiger partial charge in [0.25, 0.3) is 5.78 Å². The predicted octanol–water partition coefficient (Wildman–Crippen LogP) is 5.46. The van der Waals surface area contributed by atoms with Crippen molar-refractivity contribution in [1.29, 1.82) is 0 Å². The minimum absolute atomic E-state index is 0. The lowest BCUT2D eigenvalue weighted by atomic mass is 10.1. The number of ether oxygens (including phenoxy) is 1. The van der Waals surface area contributed by atoms with Gasteiger partial charge in [-0.1, -0.05) is 30.3 Å². The van der Waals surface area contributed by atoms with Crippen LogP contribution in [0, 0.1) is 107 Å². The van der Waals surface area contributed by atoms with E-state index in [1.807, 2.05) is 6.11 Å². The highest BCUT2D eigenvalue weighted by molar-refractivity contribution is 6.40. The Kier molecular flexibility index (Phi) is 10.9. The minimum atomic E-state index is -1.09. The first-order chi connectivity index (χ1) is 14.3. The van der Waals surface area contributed by atoms with E-state index in [-0.39, 0.29) is 31.2 Å². The lowest BCUT2D eigenvalue weighted by Crippen LogP contribution is -2.15. The third-order valence-corrected chi connectivity index (χ3v) is 2.36. The average molecular weight is 403 g/mol. The van der Waals surface area contributed by atoms with Crippen LogP contribution < -0.4 is 0 Å². The lowest BCUT2D eigenvalue weighted by molar-refractivity contribution is -0.131. The number of carbonyl (C=O) groups is 2. The van der Waals surface area contributed by atoms with Gasteiger partial charge in [-0.2, -0.15) is 0 Å². The maximum Gasteiger partial charge on any atom is 0.393 e. The third-order valence-electron chi connectivity index (χ3n) is 2.36. The number of terminal acetylenes is 1. The van der Waals surface area contributed by atoms with E-state index < -0.39 is 11.8 Å². The maximum atomic E-state index is 11.7. The molecule has 0 heterocycles. The molecule has 0 bridgehead atoms. The van der Waals surface area contributed by atoms with E-state index in [9.17, 15) is 9.59 Å². The Hall–Kier alpha value is -5.60. The summed E-state index contributed by atoms with van der Waals surface area (Å²) in [7, 11) is 0. The molecule has 0 fully saturated rings. The molecule has 0 amide bonds. The minimum Gasteiger partial charge on any atom is -0.365 e. The van der Waals surface area contributed by atoms with Crippen LogP contribution in [0.25, 0.3) is 0 Å². The number of carbonyl (C=O) groups excluding carboxylic acids is 2. The number of hydrogen-bond donors (Lipinski definition) is 0. The molecule has 0 aromatic heterocycles. The summed E-state index contributed by atoms with van der Waals surface area (Å²) >= 11 is 0. The van der Waals surface area contributed by atoms with Crippen molar-refractivity contribution in [3.63, 3.8) is 0 Å². The molecule has 0 N–H and O–H groups in total. The van der Waals surface area contributed by atoms with E-state index >= 15 is 0 Å². The van der Waals surface area contributed by atoms with Crippen molar-refractivity contribution in [2.75, 3.05) is 0 Å². The first-order valence-corrected chi connectivity index (χ1v) is 7.52. The maximum absolute atomic E-state index is 11.7. The van der Waals surface area contributed by atoms with Crippen LogP contribution in [0.2, 0.25) is 0 Å². The lowest BCUT2D eigenvalue weighted by Gasteiger charge is -1.95. The molecule has 0 atom stereocenters. The van der Waals surface area contributed by atoms with Crippen LogP contribution in [0.15, 0.2) is 30.3 Å². The van der Waals surface area contributed by atoms with Gasteiger partial charge in [-0.25, -0.2) is 4.79 Å². The summed E-state index contributed by atoms with van der Waals surface area (Å²) in [5.74, 6) is 36.2. The van der Waals surface area contributed by atoms with Gasteiger partial charge in [0.2, 0.25) is 0 Å². The first-order valence-electron chi connectivity index (χ1n) is 7.52. The third kappa shape index (κ3) is 10.8. The SMILES string of the molecule is C#CC#CC#CC#CC#CC#CC#CC#CC#COC(=O)C(=O)c1ccccc1.[HH].[HH].[HH].[HH].[HH].[HH].[HH].[HH].[HH].[HH].[HH].[HH].[HH].[HH].[HH].[HH].[HH].[HH]. The number of hydrogen-bond acceptors (Lipinski definition) is 3. The van der Waals surface area contributed by atoms with E-state index in [2.05, 4.69) is 99.5 Å². The summed E-state index contributed by atoms with van der Waals surface area (Å²) in [4.78, 5) is 23.2. The zero-order valence-electron chi connectivity index (χ0n) is 14.7. The first kappa shape index (κ1) is 21.4. The Labute approximate surface area is 196 Å². The van der Waals surface area contributed by atoms with Gasteiger partial charge in [0.15, 0.2) is 0 Å². The van der Waals surface area contributed by atoms with E-state index in [0.29, 0.717) is 0 Å². The zero-order chi connectivity index (χ0) is 21.0. The molecule has 0 aliphatic rings. The Morgan fingerprint density at radius 2 is 1.07 bits per heavy atom. The van der Waals surface area contributed by atoms with E-state index in [1.54, 1.807) is 18.2 Å². The Morgan fingerprint density at radius 1 is 0.655 bits per heavy atom. The fraction of sp³-hybridized carbons (Fsp3) is 0. The molecule has 3 heteroatoms. The predicted molar refractivity (Wildman–Crippen MR) is 146 cm³/mol. The normalized spacial score (nSPS) is 6.03. The fourth-order valence-corrected chi connectivity index (χ4v) is 1.29. The van der Waals surface area contributed by atoms with Crippen LogP contribution in [0.1, 0.15) is 36.0 Å². The molecular weight excluding hydrogens is 360 g/mol. The molecule has 0 saturated carbocycles. The van der Waals surface area contributed by atoms with Crippen LogP contribution in [-0.2, 0) is 9.53 Å². The second-order valence-corrected chi connectivity index (χ2v) is 4.21. The molecule has 3 nitrogen and oxygen atoms in total. The van der Waals surface area contributed by atoms with Gasteiger partial charge >= 0.3 is 5.97 Å². The Morgan fingerprint density at radius 3 is 1.52 bits per heavy atom. The van der Waals surface area contributed by atoms with Crippen molar-refractivity contribution in [3.05, 3.63) is 35.9 Å². The van der Waals surface area contributed by atoms with Gasteiger partial charge in [0.05, 0.1) is 0 Å². The quantitative estimate of drug-likeness (QED) is 0.286. The highest BCUT2D eigenvalue weighted by Gasteiger charge is 2.16. The smallest absolute Gasteiger partial charge is 0.365 e. The molecule has 0 aliphatic heterocycles. The van der Waals surface area contributed by atoms with Crippen molar-refractivity contribution in [1.82, 2.24) is 0 Å². The van der Waals surface area contributed by atoms with Crippen molar-refractivity contribution < 1.29 is 40.0 Å². The molecule has 29 heavy (non-hydrogen) atoms.